The number of carbonyl (C=O) groups is 1. The molecule has 1 fully saturated rings. The third kappa shape index (κ3) is 4.27. The van der Waals surface area contributed by atoms with E-state index in [-0.39, 0.29) is 62.5 Å². The fraction of sp³-hybridized carbons (Fsp3) is 0.308. The third-order valence-electron chi connectivity index (χ3n) is 6.58. The van der Waals surface area contributed by atoms with Gasteiger partial charge in [0.05, 0.1) is 31.6 Å². The molecule has 4 aromatic rings. The monoisotopic (exact) mass is 560 g/mol. The number of carbonyl (C=O) groups excluding carboxylic acids is 1. The summed E-state index contributed by atoms with van der Waals surface area (Å²) in [7, 11) is 2.56. The molecule has 14 heteroatoms. The third-order valence-corrected chi connectivity index (χ3v) is 6.58. The first-order chi connectivity index (χ1) is 19.1. The van der Waals surface area contributed by atoms with E-state index in [4.69, 9.17) is 27.8 Å². The lowest BCUT2D eigenvalue weighted by molar-refractivity contribution is -0.277. The summed E-state index contributed by atoms with van der Waals surface area (Å²) in [5, 5.41) is 61.6. The molecule has 5 atom stereocenters. The van der Waals surface area contributed by atoms with Gasteiger partial charge in [0.25, 0.3) is 5.95 Å². The quantitative estimate of drug-likeness (QED) is 0.171. The molecule has 40 heavy (non-hydrogen) atoms. The van der Waals surface area contributed by atoms with E-state index in [9.17, 15) is 40.2 Å². The molecule has 3 heterocycles. The fourth-order valence-electron chi connectivity index (χ4n) is 4.60. The SMILES string of the molecule is COc1cc(-c2oc3cc(=O)cc4oc(O)c(C=O)c(c2O[C@H]2O[C@H](CO)[C@@H](O)[C@H](O)[C@H]2O)c43)cc(OC)c1O. The highest BCUT2D eigenvalue weighted by Crippen LogP contribution is 2.48. The molecule has 212 valence electrons. The van der Waals surface area contributed by atoms with Crippen molar-refractivity contribution in [2.24, 2.45) is 0 Å². The van der Waals surface area contributed by atoms with Gasteiger partial charge in [-0.25, -0.2) is 0 Å². The molecule has 14 nitrogen and oxygen atoms in total. The van der Waals surface area contributed by atoms with E-state index in [2.05, 4.69) is 0 Å². The highest BCUT2D eigenvalue weighted by molar-refractivity contribution is 6.15. The van der Waals surface area contributed by atoms with Gasteiger partial charge in [0.2, 0.25) is 12.0 Å². The number of phenols is 1. The van der Waals surface area contributed by atoms with Crippen LogP contribution in [0.25, 0.3) is 33.3 Å². The molecular weight excluding hydrogens is 536 g/mol. The van der Waals surface area contributed by atoms with Crippen molar-refractivity contribution < 1.29 is 63.2 Å². The van der Waals surface area contributed by atoms with E-state index in [1.54, 1.807) is 0 Å². The number of phenolic OH excluding ortho intramolecular Hbond substituents is 1. The van der Waals surface area contributed by atoms with Crippen LogP contribution in [0.1, 0.15) is 10.4 Å². The second kappa shape index (κ2) is 10.3. The van der Waals surface area contributed by atoms with Gasteiger partial charge >= 0.3 is 0 Å². The maximum atomic E-state index is 12.4. The minimum absolute atomic E-state index is 0.0422. The van der Waals surface area contributed by atoms with Crippen LogP contribution in [0.4, 0.5) is 0 Å². The molecule has 1 aliphatic heterocycles. The van der Waals surface area contributed by atoms with Gasteiger partial charge in [-0.15, -0.1) is 0 Å². The first kappa shape index (κ1) is 27.2. The zero-order valence-electron chi connectivity index (χ0n) is 20.9. The Labute approximate surface area is 223 Å². The van der Waals surface area contributed by atoms with Crippen molar-refractivity contribution in [2.45, 2.75) is 30.7 Å². The molecule has 2 aromatic heterocycles. The summed E-state index contributed by atoms with van der Waals surface area (Å²) >= 11 is 0. The van der Waals surface area contributed by atoms with Crippen molar-refractivity contribution in [3.63, 3.8) is 0 Å². The van der Waals surface area contributed by atoms with Crippen molar-refractivity contribution in [3.8, 4) is 40.3 Å². The smallest absolute Gasteiger partial charge is 0.293 e. The van der Waals surface area contributed by atoms with E-state index < -0.39 is 54.3 Å². The van der Waals surface area contributed by atoms with Gasteiger partial charge < -0.3 is 58.4 Å². The summed E-state index contributed by atoms with van der Waals surface area (Å²) in [4.78, 5) is 24.6. The van der Waals surface area contributed by atoms with Crippen molar-refractivity contribution in [3.05, 3.63) is 40.1 Å². The maximum absolute atomic E-state index is 12.4. The number of hydrogen-bond donors (Lipinski definition) is 6. The minimum atomic E-state index is -1.86. The summed E-state index contributed by atoms with van der Waals surface area (Å²) in [5.41, 5.74) is -1.14. The Kier molecular flexibility index (Phi) is 7.03. The summed E-state index contributed by atoms with van der Waals surface area (Å²) in [6.45, 7) is -0.747. The van der Waals surface area contributed by atoms with Crippen LogP contribution >= 0.6 is 0 Å². The van der Waals surface area contributed by atoms with E-state index >= 15 is 0 Å². The Hall–Kier alpha value is -4.34. The number of aldehydes is 1. The van der Waals surface area contributed by atoms with E-state index in [0.29, 0.717) is 0 Å². The lowest BCUT2D eigenvalue weighted by Crippen LogP contribution is -2.60. The number of hydrogen-bond acceptors (Lipinski definition) is 14. The largest absolute Gasteiger partial charge is 0.502 e. The van der Waals surface area contributed by atoms with E-state index in [1.807, 2.05) is 0 Å². The van der Waals surface area contributed by atoms with Gasteiger partial charge in [0, 0.05) is 17.7 Å². The Morgan fingerprint density at radius 1 is 0.900 bits per heavy atom. The standard InChI is InChI=1S/C26H24O14/c1-35-14-3-9(4-15(36-2)19(14)30)23-24(40-26-22(33)21(32)20(31)16(8-28)39-26)17-11(7-27)25(34)38-13-6-10(29)5-12(37-23)18(13)17/h3-7,16,20-22,26,28,30-34H,8H2,1-2H3/t16-,20-,21+,22-,26-/m1/s1. The predicted octanol–water partition coefficient (Wildman–Crippen LogP) is 0.626. The second-order valence-corrected chi connectivity index (χ2v) is 8.91. The Balaban J connectivity index is 1.87. The summed E-state index contributed by atoms with van der Waals surface area (Å²) < 4.78 is 33.3. The van der Waals surface area contributed by atoms with E-state index in [1.165, 1.54) is 26.4 Å². The molecule has 0 amide bonds. The van der Waals surface area contributed by atoms with Crippen LogP contribution in [0, 0.1) is 0 Å². The average Bonchev–Trinajstić information content (AvgIpc) is 2.94. The topological polar surface area (TPSA) is 219 Å². The normalized spacial score (nSPS) is 22.9. The summed E-state index contributed by atoms with van der Waals surface area (Å²) in [6, 6.07) is 4.79. The molecule has 1 saturated heterocycles. The van der Waals surface area contributed by atoms with Gasteiger partial charge in [-0.3, -0.25) is 9.59 Å². The summed E-state index contributed by atoms with van der Waals surface area (Å²) in [5.74, 6) is -1.91. The number of methoxy groups -OCH3 is 2. The summed E-state index contributed by atoms with van der Waals surface area (Å²) in [6.07, 6.45) is -8.18. The first-order valence-corrected chi connectivity index (χ1v) is 11.8. The van der Waals surface area contributed by atoms with Crippen molar-refractivity contribution in [1.29, 1.82) is 0 Å². The highest BCUT2D eigenvalue weighted by atomic mass is 16.7. The van der Waals surface area contributed by atoms with Crippen molar-refractivity contribution in [2.75, 3.05) is 20.8 Å². The molecule has 0 unspecified atom stereocenters. The maximum Gasteiger partial charge on any atom is 0.293 e. The van der Waals surface area contributed by atoms with Crippen LogP contribution in [0.5, 0.6) is 28.9 Å². The van der Waals surface area contributed by atoms with Crippen LogP contribution in [0.15, 0.2) is 37.9 Å². The van der Waals surface area contributed by atoms with Crippen LogP contribution < -0.4 is 19.6 Å². The van der Waals surface area contributed by atoms with Gasteiger partial charge in [-0.2, -0.15) is 0 Å². The van der Waals surface area contributed by atoms with Crippen molar-refractivity contribution >= 4 is 28.2 Å². The zero-order chi connectivity index (χ0) is 28.9. The number of benzene rings is 2. The zero-order valence-corrected chi connectivity index (χ0v) is 20.9. The van der Waals surface area contributed by atoms with Gasteiger partial charge in [0.1, 0.15) is 41.1 Å². The molecule has 0 saturated carbocycles. The number of rotatable bonds is 7. The molecule has 0 radical (unpaired) electrons. The Morgan fingerprint density at radius 2 is 1.52 bits per heavy atom. The number of aliphatic hydroxyl groups is 4. The van der Waals surface area contributed by atoms with Crippen LogP contribution in [0.3, 0.4) is 0 Å². The average molecular weight is 560 g/mol. The second-order valence-electron chi connectivity index (χ2n) is 8.91. The van der Waals surface area contributed by atoms with Crippen LogP contribution in [-0.4, -0.2) is 88.5 Å². The molecule has 5 rings (SSSR count). The molecule has 0 aliphatic carbocycles. The molecule has 1 aliphatic rings. The van der Waals surface area contributed by atoms with Gasteiger partial charge in [-0.1, -0.05) is 0 Å². The van der Waals surface area contributed by atoms with Gasteiger partial charge in [-0.05, 0) is 12.1 Å². The number of aromatic hydroxyl groups is 2. The predicted molar refractivity (Wildman–Crippen MR) is 134 cm³/mol. The van der Waals surface area contributed by atoms with E-state index in [0.717, 1.165) is 12.1 Å². The van der Waals surface area contributed by atoms with Crippen LogP contribution in [-0.2, 0) is 4.74 Å². The molecular formula is C26H24O14. The Bertz CT molecular complexity index is 1630. The first-order valence-electron chi connectivity index (χ1n) is 11.8. The number of ether oxygens (including phenoxy) is 4. The molecule has 6 N–H and O–H groups in total. The van der Waals surface area contributed by atoms with Crippen LogP contribution in [0.2, 0.25) is 0 Å². The molecule has 0 bridgehead atoms. The lowest BCUT2D eigenvalue weighted by Gasteiger charge is -2.39. The highest BCUT2D eigenvalue weighted by Gasteiger charge is 2.45. The lowest BCUT2D eigenvalue weighted by atomic mass is 9.99. The molecule has 0 spiro atoms. The molecule has 2 aromatic carbocycles. The minimum Gasteiger partial charge on any atom is -0.502 e. The van der Waals surface area contributed by atoms with Crippen molar-refractivity contribution in [1.82, 2.24) is 0 Å². The fourth-order valence-corrected chi connectivity index (χ4v) is 4.60. The van der Waals surface area contributed by atoms with Gasteiger partial charge in [0.15, 0.2) is 34.7 Å². The number of aliphatic hydroxyl groups excluding tert-OH is 4. The Morgan fingerprint density at radius 3 is 2.10 bits per heavy atom.